The summed E-state index contributed by atoms with van der Waals surface area (Å²) in [5.74, 6) is 0. The van der Waals surface area contributed by atoms with Crippen LogP contribution in [0.15, 0.2) is 24.3 Å². The number of aliphatic hydroxyl groups is 1. The Kier molecular flexibility index (Phi) is 7.84. The average Bonchev–Trinajstić information content (AvgIpc) is 2.40. The van der Waals surface area contributed by atoms with E-state index in [2.05, 4.69) is 31.3 Å². The molecular weight excluding hydrogens is 278 g/mol. The summed E-state index contributed by atoms with van der Waals surface area (Å²) in [6, 6.07) is 8.62. The summed E-state index contributed by atoms with van der Waals surface area (Å²) in [6.45, 7) is 4.53. The Morgan fingerprint density at radius 2 is 1.95 bits per heavy atom. The molecule has 0 aromatic heterocycles. The summed E-state index contributed by atoms with van der Waals surface area (Å²) >= 11 is 7.64. The van der Waals surface area contributed by atoms with E-state index in [0.717, 1.165) is 17.9 Å². The van der Waals surface area contributed by atoms with Crippen molar-refractivity contribution >= 4 is 23.4 Å². The van der Waals surface area contributed by atoms with Gasteiger partial charge in [0, 0.05) is 22.4 Å². The summed E-state index contributed by atoms with van der Waals surface area (Å²) in [4.78, 5) is 0. The Hall–Kier alpha value is -0.220. The Balaban J connectivity index is 2.74. The molecular formula is C15H24ClNOS. The van der Waals surface area contributed by atoms with Crippen molar-refractivity contribution in [2.24, 2.45) is 0 Å². The first-order chi connectivity index (χ1) is 9.12. The molecule has 2 nitrogen and oxygen atoms in total. The summed E-state index contributed by atoms with van der Waals surface area (Å²) < 4.78 is 0. The van der Waals surface area contributed by atoms with E-state index in [1.165, 1.54) is 5.56 Å². The minimum absolute atomic E-state index is 0.203. The van der Waals surface area contributed by atoms with Crippen molar-refractivity contribution in [2.75, 3.05) is 12.9 Å². The third-order valence-electron chi connectivity index (χ3n) is 3.35. The number of nitrogens with one attached hydrogen (secondary N) is 1. The largest absolute Gasteiger partial charge is 0.395 e. The fourth-order valence-corrected chi connectivity index (χ4v) is 2.95. The summed E-state index contributed by atoms with van der Waals surface area (Å²) in [6.07, 6.45) is 4.24. The lowest BCUT2D eigenvalue weighted by Crippen LogP contribution is -2.39. The molecule has 0 bridgehead atoms. The fourth-order valence-electron chi connectivity index (χ4n) is 2.19. The van der Waals surface area contributed by atoms with E-state index in [1.807, 2.05) is 18.4 Å². The van der Waals surface area contributed by atoms with Crippen LogP contribution in [0, 0.1) is 0 Å². The number of hydrogen-bond donors (Lipinski definition) is 2. The monoisotopic (exact) mass is 301 g/mol. The second kappa shape index (κ2) is 8.85. The number of hydrogen-bond acceptors (Lipinski definition) is 3. The highest BCUT2D eigenvalue weighted by atomic mass is 35.5. The van der Waals surface area contributed by atoms with Crippen molar-refractivity contribution in [1.29, 1.82) is 0 Å². The quantitative estimate of drug-likeness (QED) is 0.764. The molecule has 0 radical (unpaired) electrons. The van der Waals surface area contributed by atoms with Crippen molar-refractivity contribution in [3.63, 3.8) is 0 Å². The van der Waals surface area contributed by atoms with Gasteiger partial charge in [-0.05, 0) is 37.3 Å². The maximum Gasteiger partial charge on any atom is 0.0564 e. The van der Waals surface area contributed by atoms with Crippen molar-refractivity contribution in [3.8, 4) is 0 Å². The van der Waals surface area contributed by atoms with Crippen molar-refractivity contribution in [2.45, 2.75) is 44.0 Å². The third-order valence-corrected chi connectivity index (χ3v) is 4.77. The van der Waals surface area contributed by atoms with E-state index in [4.69, 9.17) is 11.6 Å². The predicted octanol–water partition coefficient (Wildman–Crippen LogP) is 3.88. The molecule has 0 aliphatic rings. The van der Waals surface area contributed by atoms with Crippen LogP contribution in [-0.2, 0) is 0 Å². The van der Waals surface area contributed by atoms with Crippen LogP contribution < -0.4 is 5.32 Å². The van der Waals surface area contributed by atoms with Gasteiger partial charge in [-0.2, -0.15) is 11.8 Å². The van der Waals surface area contributed by atoms with E-state index in [1.54, 1.807) is 11.8 Å². The van der Waals surface area contributed by atoms with E-state index < -0.39 is 0 Å². The highest BCUT2D eigenvalue weighted by molar-refractivity contribution is 7.99. The number of rotatable bonds is 8. The predicted molar refractivity (Wildman–Crippen MR) is 86.1 cm³/mol. The van der Waals surface area contributed by atoms with Gasteiger partial charge < -0.3 is 10.4 Å². The van der Waals surface area contributed by atoms with Gasteiger partial charge in [0.15, 0.2) is 0 Å². The molecule has 0 amide bonds. The van der Waals surface area contributed by atoms with Crippen LogP contribution in [0.25, 0.3) is 0 Å². The van der Waals surface area contributed by atoms with E-state index in [9.17, 15) is 5.11 Å². The van der Waals surface area contributed by atoms with Gasteiger partial charge in [-0.1, -0.05) is 37.1 Å². The molecule has 4 heteroatoms. The molecule has 2 N–H and O–H groups in total. The summed E-state index contributed by atoms with van der Waals surface area (Å²) in [5.41, 5.74) is 1.26. The van der Waals surface area contributed by atoms with Crippen LogP contribution in [0.5, 0.6) is 0 Å². The van der Waals surface area contributed by atoms with E-state index in [0.29, 0.717) is 6.04 Å². The van der Waals surface area contributed by atoms with E-state index >= 15 is 0 Å². The van der Waals surface area contributed by atoms with Crippen LogP contribution in [0.3, 0.4) is 0 Å². The second-order valence-electron chi connectivity index (χ2n) is 4.80. The smallest absolute Gasteiger partial charge is 0.0564 e. The van der Waals surface area contributed by atoms with Crippen molar-refractivity contribution < 1.29 is 5.11 Å². The standard InChI is InChI=1S/C15H24ClNOS/c1-4-5-14(12-6-8-13(16)9-7-12)17-11(2)15(10-18)19-3/h6-9,11,14-15,17-18H,4-5,10H2,1-3H3. The molecule has 1 aromatic rings. The number of thioether (sulfide) groups is 1. The zero-order valence-corrected chi connectivity index (χ0v) is 13.5. The zero-order chi connectivity index (χ0) is 14.3. The maximum atomic E-state index is 9.37. The molecule has 1 aromatic carbocycles. The lowest BCUT2D eigenvalue weighted by atomic mass is 10.0. The van der Waals surface area contributed by atoms with Gasteiger partial charge in [0.1, 0.15) is 0 Å². The molecule has 0 aliphatic carbocycles. The highest BCUT2D eigenvalue weighted by Gasteiger charge is 2.19. The molecule has 0 saturated heterocycles. The van der Waals surface area contributed by atoms with Crippen molar-refractivity contribution in [1.82, 2.24) is 5.32 Å². The SMILES string of the molecule is CCCC(NC(C)C(CO)SC)c1ccc(Cl)cc1. The number of benzene rings is 1. The average molecular weight is 302 g/mol. The summed E-state index contributed by atoms with van der Waals surface area (Å²) in [7, 11) is 0. The Morgan fingerprint density at radius 1 is 1.32 bits per heavy atom. The number of halogens is 1. The Labute approximate surface area is 125 Å². The molecule has 0 saturated carbocycles. The van der Waals surface area contributed by atoms with Gasteiger partial charge in [0.05, 0.1) is 6.61 Å². The van der Waals surface area contributed by atoms with Crippen LogP contribution in [0.2, 0.25) is 5.02 Å². The molecule has 108 valence electrons. The van der Waals surface area contributed by atoms with Gasteiger partial charge in [-0.3, -0.25) is 0 Å². The van der Waals surface area contributed by atoms with Crippen molar-refractivity contribution in [3.05, 3.63) is 34.9 Å². The molecule has 3 atom stereocenters. The fraction of sp³-hybridized carbons (Fsp3) is 0.600. The molecule has 3 unspecified atom stereocenters. The summed E-state index contributed by atoms with van der Waals surface area (Å²) in [5, 5.41) is 14.0. The first-order valence-corrected chi connectivity index (χ1v) is 8.44. The first-order valence-electron chi connectivity index (χ1n) is 6.77. The molecule has 1 rings (SSSR count). The van der Waals surface area contributed by atoms with Crippen LogP contribution in [0.4, 0.5) is 0 Å². The second-order valence-corrected chi connectivity index (χ2v) is 6.32. The normalized spacial score (nSPS) is 16.1. The molecule has 0 heterocycles. The van der Waals surface area contributed by atoms with Crippen LogP contribution >= 0.6 is 23.4 Å². The molecule has 0 spiro atoms. The minimum Gasteiger partial charge on any atom is -0.395 e. The number of aliphatic hydroxyl groups excluding tert-OH is 1. The lowest BCUT2D eigenvalue weighted by Gasteiger charge is -2.27. The highest BCUT2D eigenvalue weighted by Crippen LogP contribution is 2.23. The zero-order valence-electron chi connectivity index (χ0n) is 11.9. The van der Waals surface area contributed by atoms with Crippen LogP contribution in [-0.4, -0.2) is 29.3 Å². The van der Waals surface area contributed by atoms with Gasteiger partial charge in [0.25, 0.3) is 0 Å². The molecule has 0 fully saturated rings. The molecule has 19 heavy (non-hydrogen) atoms. The Bertz CT molecular complexity index is 354. The Morgan fingerprint density at radius 3 is 2.42 bits per heavy atom. The van der Waals surface area contributed by atoms with Gasteiger partial charge in [-0.25, -0.2) is 0 Å². The van der Waals surface area contributed by atoms with E-state index in [-0.39, 0.29) is 17.9 Å². The first kappa shape index (κ1) is 16.8. The third kappa shape index (κ3) is 5.35. The van der Waals surface area contributed by atoms with Crippen LogP contribution in [0.1, 0.15) is 38.3 Å². The molecule has 0 aliphatic heterocycles. The lowest BCUT2D eigenvalue weighted by molar-refractivity contribution is 0.269. The van der Waals surface area contributed by atoms with Gasteiger partial charge >= 0.3 is 0 Å². The maximum absolute atomic E-state index is 9.37. The van der Waals surface area contributed by atoms with Gasteiger partial charge in [-0.15, -0.1) is 0 Å². The minimum atomic E-state index is 0.203. The topological polar surface area (TPSA) is 32.3 Å². The van der Waals surface area contributed by atoms with Gasteiger partial charge in [0.2, 0.25) is 0 Å².